The van der Waals surface area contributed by atoms with Crippen LogP contribution in [-0.2, 0) is 9.47 Å². The van der Waals surface area contributed by atoms with Crippen LogP contribution in [0.4, 0.5) is 0 Å². The monoisotopic (exact) mass is 1180 g/mol. The molecule has 0 bridgehead atoms. The van der Waals surface area contributed by atoms with Gasteiger partial charge in [-0.15, -0.1) is 35.5 Å². The fraction of sp³-hybridized carbons (Fsp3) is 0.103. The molecule has 0 aliphatic rings. The standard InChI is InChI=1S/C70H2.C17H25NO2S2/c1-3-5-7-9-11-13-15-17-19-21-23-25-27-29-31-33-35-37-39-41-43-45-47-49-51-53-55-57-59-61-63-65-67-69-70-68-66-64-62-60-58-56-54-52-50-48-46-44-42-40-38-36-34-32-30-28-26-24-22-20-18-16-14-12-10-8-6-4-2;1-4-18(9-10-20-12-11-19-3)14(2)15-7-8-17(22-15)16-6-5-13-21-16/h1-2H;5-8,13-14H,4,9-12H2,1-3H3. The van der Waals surface area contributed by atoms with Crippen molar-refractivity contribution in [2.24, 2.45) is 0 Å². The van der Waals surface area contributed by atoms with Crippen LogP contribution in [0.1, 0.15) is 24.8 Å². The van der Waals surface area contributed by atoms with Gasteiger partial charge in [0.15, 0.2) is 0 Å². The van der Waals surface area contributed by atoms with Gasteiger partial charge in [0.2, 0.25) is 0 Å². The molecule has 0 radical (unpaired) electrons. The van der Waals surface area contributed by atoms with Gasteiger partial charge in [0, 0.05) is 342 Å². The molecule has 0 aromatic carbocycles. The second-order valence-corrected chi connectivity index (χ2v) is 15.7. The molecule has 0 saturated carbocycles. The van der Waals surface area contributed by atoms with Crippen molar-refractivity contribution in [3.8, 4) is 425 Å². The van der Waals surface area contributed by atoms with E-state index in [0.717, 1.165) is 19.7 Å². The van der Waals surface area contributed by atoms with E-state index in [0.29, 0.717) is 19.3 Å². The molecule has 0 spiro atoms. The maximum Gasteiger partial charge on any atom is 0.0700 e. The lowest BCUT2D eigenvalue weighted by Gasteiger charge is -2.26. The molecule has 0 aliphatic carbocycles. The zero-order chi connectivity index (χ0) is 65.9. The minimum absolute atomic E-state index is 0.426. The molecular formula is C87H27NO2S2. The summed E-state index contributed by atoms with van der Waals surface area (Å²) in [6, 6.07) is 9.23. The zero-order valence-electron chi connectivity index (χ0n) is 48.7. The predicted octanol–water partition coefficient (Wildman–Crippen LogP) is 4.89. The van der Waals surface area contributed by atoms with Crippen LogP contribution < -0.4 is 0 Å². The second-order valence-electron chi connectivity index (χ2n) is 13.6. The Morgan fingerprint density at radius 2 is 0.565 bits per heavy atom. The number of hydrogen-bond acceptors (Lipinski definition) is 5. The number of rotatable bonds is 10. The van der Waals surface area contributed by atoms with Crippen LogP contribution in [0.5, 0.6) is 0 Å². The van der Waals surface area contributed by atoms with E-state index in [1.165, 1.54) is 14.6 Å². The molecule has 2 aromatic heterocycles. The van der Waals surface area contributed by atoms with Crippen molar-refractivity contribution in [2.45, 2.75) is 19.9 Å². The fourth-order valence-corrected chi connectivity index (χ4v) is 6.36. The Morgan fingerprint density at radius 3 is 0.761 bits per heavy atom. The van der Waals surface area contributed by atoms with Gasteiger partial charge < -0.3 is 9.47 Å². The molecule has 2 aromatic rings. The summed E-state index contributed by atoms with van der Waals surface area (Å²) in [4.78, 5) is 6.59. The second kappa shape index (κ2) is 62.5. The third kappa shape index (κ3) is 50.8. The lowest BCUT2D eigenvalue weighted by molar-refractivity contribution is 0.0521. The van der Waals surface area contributed by atoms with Crippen LogP contribution in [0.15, 0.2) is 29.6 Å². The molecule has 1 atom stereocenters. The Balaban J connectivity index is 0.00000159. The SMILES string of the molecule is C#CC#CC#CC#CC#CC#CC#CC#CC#CC#CC#CC#CC#CC#CC#CC#CC#CC#CC#CC#CC#CC#CC#CC#CC#CC#CC#CC#CC#CC#CC#CC#CC#CC#CC#C.CCN(CCOCCOC)C(C)c1ccc(-c2cccs2)s1. The number of hydrogen-bond donors (Lipinski definition) is 0. The molecule has 1 unspecified atom stereocenters. The third-order valence-corrected chi connectivity index (χ3v) is 10.2. The maximum atomic E-state index is 5.59. The Hall–Kier alpha value is -16.1. The molecule has 2 heterocycles. The smallest absolute Gasteiger partial charge is 0.0700 e. The summed E-state index contributed by atoms with van der Waals surface area (Å²) in [5, 5.41) is 2.13. The number of thiophene rings is 2. The molecule has 2 rings (SSSR count). The van der Waals surface area contributed by atoms with E-state index in [9.17, 15) is 0 Å². The summed E-state index contributed by atoms with van der Waals surface area (Å²) in [5.74, 6) is 168. The maximum absolute atomic E-state index is 5.59. The van der Waals surface area contributed by atoms with Gasteiger partial charge in [-0.3, -0.25) is 4.90 Å². The highest BCUT2D eigenvalue weighted by Crippen LogP contribution is 2.35. The average Bonchev–Trinajstić information content (AvgIpc) is 2.38. The Labute approximate surface area is 553 Å². The van der Waals surface area contributed by atoms with Crippen molar-refractivity contribution in [2.75, 3.05) is 40.0 Å². The van der Waals surface area contributed by atoms with E-state index in [4.69, 9.17) is 22.3 Å². The van der Waals surface area contributed by atoms with Gasteiger partial charge >= 0.3 is 0 Å². The van der Waals surface area contributed by atoms with Crippen LogP contribution in [0.3, 0.4) is 0 Å². The van der Waals surface area contributed by atoms with E-state index in [1.54, 1.807) is 18.4 Å². The first-order valence-corrected chi connectivity index (χ1v) is 26.7. The quantitative estimate of drug-likeness (QED) is 0.251. The van der Waals surface area contributed by atoms with Gasteiger partial charge in [0.05, 0.1) is 19.8 Å². The molecule has 0 amide bonds. The highest BCUT2D eigenvalue weighted by atomic mass is 32.1. The van der Waals surface area contributed by atoms with E-state index in [1.807, 2.05) is 11.3 Å². The Bertz CT molecular complexity index is 5260. The average molecular weight is 1180 g/mol. The number of nitrogens with zero attached hydrogens (tertiary/aromatic N) is 1. The summed E-state index contributed by atoms with van der Waals surface area (Å²) in [6.45, 7) is 8.56. The fourth-order valence-electron chi connectivity index (χ4n) is 4.43. The highest BCUT2D eigenvalue weighted by molar-refractivity contribution is 7.21. The first kappa shape index (κ1) is 73.9. The minimum atomic E-state index is 0.426. The largest absolute Gasteiger partial charge is 0.382 e. The number of methoxy groups -OCH3 is 1. The van der Waals surface area contributed by atoms with E-state index in [-0.39, 0.29) is 0 Å². The van der Waals surface area contributed by atoms with Crippen molar-refractivity contribution in [3.63, 3.8) is 0 Å². The molecule has 3 nitrogen and oxygen atoms in total. The number of ether oxygens (including phenoxy) is 2. The van der Waals surface area contributed by atoms with Crippen molar-refractivity contribution in [1.82, 2.24) is 4.90 Å². The van der Waals surface area contributed by atoms with Gasteiger partial charge in [-0.1, -0.05) is 13.0 Å². The minimum Gasteiger partial charge on any atom is -0.382 e. The molecule has 0 saturated heterocycles. The van der Waals surface area contributed by atoms with E-state index in [2.05, 4.69) is 451 Å². The molecule has 5 heteroatoms. The summed E-state index contributed by atoms with van der Waals surface area (Å²) >= 11 is 3.70. The van der Waals surface area contributed by atoms with Gasteiger partial charge in [-0.2, -0.15) is 0 Å². The summed E-state index contributed by atoms with van der Waals surface area (Å²) < 4.78 is 10.6. The molecular weight excluding hydrogens is 1160 g/mol. The van der Waals surface area contributed by atoms with Crippen molar-refractivity contribution in [3.05, 3.63) is 34.5 Å². The van der Waals surface area contributed by atoms with E-state index < -0.39 is 0 Å². The predicted molar refractivity (Wildman–Crippen MR) is 370 cm³/mol. The first-order valence-electron chi connectivity index (χ1n) is 25.0. The third-order valence-electron chi connectivity index (χ3n) is 7.92. The number of terminal acetylenes is 2. The summed E-state index contributed by atoms with van der Waals surface area (Å²) in [7, 11) is 1.70. The van der Waals surface area contributed by atoms with Gasteiger partial charge in [-0.05, 0) is 132 Å². The Kier molecular flexibility index (Phi) is 50.2. The molecule has 0 fully saturated rings. The van der Waals surface area contributed by atoms with Crippen LogP contribution in [0.2, 0.25) is 0 Å². The van der Waals surface area contributed by atoms with Crippen molar-refractivity contribution < 1.29 is 9.47 Å². The van der Waals surface area contributed by atoms with Crippen LogP contribution >= 0.6 is 22.7 Å². The number of likely N-dealkylation sites (N-methyl/N-ethyl adjacent to an activating group) is 1. The van der Waals surface area contributed by atoms with Crippen LogP contribution in [0.25, 0.3) is 9.75 Å². The van der Waals surface area contributed by atoms with Crippen LogP contribution in [0, 0.1) is 415 Å². The molecule has 404 valence electrons. The normalized spacial score (nSPS) is 6.07. The van der Waals surface area contributed by atoms with Crippen LogP contribution in [-0.4, -0.2) is 44.9 Å². The first-order chi connectivity index (χ1) is 45.7. The topological polar surface area (TPSA) is 21.7 Å². The summed E-state index contributed by atoms with van der Waals surface area (Å²) in [6.07, 6.45) is 9.89. The zero-order valence-corrected chi connectivity index (χ0v) is 50.4. The van der Waals surface area contributed by atoms with E-state index >= 15 is 0 Å². The lowest BCUT2D eigenvalue weighted by Crippen LogP contribution is -2.30. The molecule has 0 N–H and O–H groups in total. The Morgan fingerprint density at radius 1 is 0.326 bits per heavy atom. The van der Waals surface area contributed by atoms with Crippen molar-refractivity contribution in [1.29, 1.82) is 0 Å². The molecule has 92 heavy (non-hydrogen) atoms. The summed E-state index contributed by atoms with van der Waals surface area (Å²) in [5.41, 5.74) is 0. The van der Waals surface area contributed by atoms with Crippen molar-refractivity contribution >= 4 is 22.7 Å². The van der Waals surface area contributed by atoms with Gasteiger partial charge in [0.1, 0.15) is 0 Å². The van der Waals surface area contributed by atoms with Gasteiger partial charge in [-0.25, -0.2) is 0 Å². The lowest BCUT2D eigenvalue weighted by atomic mass is 10.2. The van der Waals surface area contributed by atoms with Gasteiger partial charge in [0.25, 0.3) is 0 Å². The molecule has 0 aliphatic heterocycles. The highest BCUT2D eigenvalue weighted by Gasteiger charge is 2.16.